The van der Waals surface area contributed by atoms with Crippen molar-refractivity contribution in [1.82, 2.24) is 0 Å². The Hall–Kier alpha value is -3.29. The molecule has 0 bridgehead atoms. The monoisotopic (exact) mass is 676 g/mol. The van der Waals surface area contributed by atoms with Gasteiger partial charge in [-0.15, -0.1) is 0 Å². The average Bonchev–Trinajstić information content (AvgIpc) is 3.00. The molecule has 0 heterocycles. The summed E-state index contributed by atoms with van der Waals surface area (Å²) in [7, 11) is -5.10. The van der Waals surface area contributed by atoms with E-state index in [1.165, 1.54) is 0 Å². The Labute approximate surface area is 271 Å². The third-order valence-electron chi connectivity index (χ3n) is 6.13. The molecule has 17 heteroatoms. The van der Waals surface area contributed by atoms with E-state index in [2.05, 4.69) is 15.5 Å². The standard InChI is InChI=1S/C29H26F8O7S.Li/c1-2-16-8-10-17(11-9-16)41-12-5-3-4-6-13-42-28-24(34)20(30)18(21(31)25(28)35)19-22(32)26(36)29(27(37)23(19)33)43-14-7-15-44-45(38,39)40;/h2,8-11H,1,3-7,12-15H2,(H,38,39,40);/q;+1/p-1. The van der Waals surface area contributed by atoms with Gasteiger partial charge in [-0.3, -0.25) is 4.18 Å². The fourth-order valence-corrected chi connectivity index (χ4v) is 4.25. The minimum absolute atomic E-state index is 0. The molecule has 0 spiro atoms. The van der Waals surface area contributed by atoms with E-state index in [1.54, 1.807) is 18.2 Å². The molecule has 7 nitrogen and oxygen atoms in total. The van der Waals surface area contributed by atoms with Crippen LogP contribution in [0.25, 0.3) is 17.2 Å². The molecular formula is C29H25F8LiO7S. The van der Waals surface area contributed by atoms with Gasteiger partial charge in [0.1, 0.15) is 5.75 Å². The number of unbranched alkanes of at least 4 members (excludes halogenated alkanes) is 3. The normalized spacial score (nSPS) is 11.2. The first-order valence-electron chi connectivity index (χ1n) is 13.2. The van der Waals surface area contributed by atoms with Gasteiger partial charge < -0.3 is 18.8 Å². The molecule has 246 valence electrons. The van der Waals surface area contributed by atoms with Crippen LogP contribution in [0.15, 0.2) is 30.8 Å². The average molecular weight is 677 g/mol. The van der Waals surface area contributed by atoms with Crippen molar-refractivity contribution in [1.29, 1.82) is 0 Å². The van der Waals surface area contributed by atoms with Crippen molar-refractivity contribution in [3.05, 3.63) is 82.9 Å². The van der Waals surface area contributed by atoms with Gasteiger partial charge in [0.25, 0.3) is 0 Å². The fraction of sp³-hybridized carbons (Fsp3) is 0.310. The zero-order valence-corrected chi connectivity index (χ0v) is 25.1. The van der Waals surface area contributed by atoms with Gasteiger partial charge in [-0.25, -0.2) is 26.0 Å². The van der Waals surface area contributed by atoms with Gasteiger partial charge in [0, 0.05) is 6.42 Å². The smallest absolute Gasteiger partial charge is 0.726 e. The predicted octanol–water partition coefficient (Wildman–Crippen LogP) is 4.38. The van der Waals surface area contributed by atoms with Gasteiger partial charge in [-0.05, 0) is 43.4 Å². The SMILES string of the molecule is C=Cc1ccc(OCCCCCCOc2c(F)c(F)c(-c3c(F)c(F)c(OCCCOS(=O)(=O)[O-])c(F)c3F)c(F)c2F)cc1.[Li+]. The van der Waals surface area contributed by atoms with Crippen molar-refractivity contribution in [2.75, 3.05) is 26.4 Å². The third-order valence-corrected chi connectivity index (χ3v) is 6.58. The molecule has 0 aliphatic heterocycles. The van der Waals surface area contributed by atoms with Crippen LogP contribution in [0.1, 0.15) is 37.7 Å². The minimum Gasteiger partial charge on any atom is -0.726 e. The zero-order chi connectivity index (χ0) is 33.3. The van der Waals surface area contributed by atoms with E-state index in [0.717, 1.165) is 5.56 Å². The molecule has 0 aliphatic rings. The van der Waals surface area contributed by atoms with Crippen LogP contribution in [0.3, 0.4) is 0 Å². The van der Waals surface area contributed by atoms with Crippen LogP contribution in [-0.4, -0.2) is 39.4 Å². The molecule has 0 atom stereocenters. The van der Waals surface area contributed by atoms with E-state index in [1.807, 2.05) is 12.1 Å². The molecule has 0 amide bonds. The second kappa shape index (κ2) is 17.6. The first-order chi connectivity index (χ1) is 21.3. The van der Waals surface area contributed by atoms with Gasteiger partial charge in [0.2, 0.25) is 33.7 Å². The Balaban J connectivity index is 0.00000736. The number of benzene rings is 3. The van der Waals surface area contributed by atoms with Crippen LogP contribution in [-0.2, 0) is 14.6 Å². The van der Waals surface area contributed by atoms with Crippen LogP contribution in [0, 0.1) is 46.5 Å². The van der Waals surface area contributed by atoms with Crippen molar-refractivity contribution in [3.63, 3.8) is 0 Å². The molecule has 0 unspecified atom stereocenters. The molecule has 0 N–H and O–H groups in total. The third kappa shape index (κ3) is 9.85. The van der Waals surface area contributed by atoms with Crippen molar-refractivity contribution in [2.45, 2.75) is 32.1 Å². The molecule has 3 aromatic rings. The summed E-state index contributed by atoms with van der Waals surface area (Å²) in [6.45, 7) is 1.97. The minimum atomic E-state index is -5.10. The van der Waals surface area contributed by atoms with Crippen LogP contribution in [0.4, 0.5) is 35.1 Å². The number of halogens is 8. The number of hydrogen-bond donors (Lipinski definition) is 0. The summed E-state index contributed by atoms with van der Waals surface area (Å²) in [4.78, 5) is 0. The first-order valence-corrected chi connectivity index (χ1v) is 14.5. The summed E-state index contributed by atoms with van der Waals surface area (Å²) in [5.74, 6) is -21.3. The largest absolute Gasteiger partial charge is 1.00 e. The van der Waals surface area contributed by atoms with Crippen molar-refractivity contribution < 1.29 is 85.3 Å². The number of hydrogen-bond acceptors (Lipinski definition) is 7. The molecule has 0 radical (unpaired) electrons. The maximum atomic E-state index is 14.8. The van der Waals surface area contributed by atoms with Gasteiger partial charge in [0.15, 0.2) is 34.8 Å². The number of rotatable bonds is 17. The van der Waals surface area contributed by atoms with Crippen molar-refractivity contribution in [2.24, 2.45) is 0 Å². The maximum absolute atomic E-state index is 14.8. The molecule has 0 fully saturated rings. The van der Waals surface area contributed by atoms with Gasteiger partial charge in [0.05, 0.1) is 37.6 Å². The molecule has 0 saturated heterocycles. The molecule has 46 heavy (non-hydrogen) atoms. The molecular weight excluding hydrogens is 651 g/mol. The van der Waals surface area contributed by atoms with E-state index in [0.29, 0.717) is 31.6 Å². The maximum Gasteiger partial charge on any atom is 1.00 e. The van der Waals surface area contributed by atoms with Crippen molar-refractivity contribution >= 4 is 16.5 Å². The number of ether oxygens (including phenoxy) is 3. The Bertz CT molecular complexity index is 1570. The van der Waals surface area contributed by atoms with Crippen LogP contribution in [0.2, 0.25) is 0 Å². The Morgan fingerprint density at radius 2 is 0.978 bits per heavy atom. The second-order valence-corrected chi connectivity index (χ2v) is 10.3. The van der Waals surface area contributed by atoms with Gasteiger partial charge >= 0.3 is 18.9 Å². The van der Waals surface area contributed by atoms with Crippen molar-refractivity contribution in [3.8, 4) is 28.4 Å². The topological polar surface area (TPSA) is 94.1 Å². The summed E-state index contributed by atoms with van der Waals surface area (Å²) in [5.41, 5.74) is -3.25. The fourth-order valence-electron chi connectivity index (χ4n) is 3.93. The molecule has 3 aromatic carbocycles. The quantitative estimate of drug-likeness (QED) is 0.0524. The summed E-state index contributed by atoms with van der Waals surface area (Å²) in [5, 5.41) is 0. The molecule has 0 aliphatic carbocycles. The Morgan fingerprint density at radius 3 is 1.37 bits per heavy atom. The van der Waals surface area contributed by atoms with E-state index < -0.39 is 106 Å². The van der Waals surface area contributed by atoms with Gasteiger partial charge in [-0.1, -0.05) is 24.8 Å². The van der Waals surface area contributed by atoms with Crippen LogP contribution >= 0.6 is 0 Å². The Kier molecular flexibility index (Phi) is 14.9. The molecule has 0 saturated carbocycles. The van der Waals surface area contributed by atoms with E-state index in [9.17, 15) is 48.1 Å². The summed E-state index contributed by atoms with van der Waals surface area (Å²) in [6.07, 6.45) is 3.05. The van der Waals surface area contributed by atoms with E-state index in [4.69, 9.17) is 9.47 Å². The Morgan fingerprint density at radius 1 is 0.587 bits per heavy atom. The second-order valence-electron chi connectivity index (χ2n) is 9.24. The summed E-state index contributed by atoms with van der Waals surface area (Å²) < 4.78 is 167. The molecule has 3 rings (SSSR count). The van der Waals surface area contributed by atoms with E-state index >= 15 is 0 Å². The van der Waals surface area contributed by atoms with Crippen LogP contribution < -0.4 is 33.1 Å². The summed E-state index contributed by atoms with van der Waals surface area (Å²) in [6, 6.07) is 7.19. The zero-order valence-electron chi connectivity index (χ0n) is 24.2. The molecule has 0 aromatic heterocycles. The first kappa shape index (κ1) is 38.9. The summed E-state index contributed by atoms with van der Waals surface area (Å²) >= 11 is 0. The van der Waals surface area contributed by atoms with E-state index in [-0.39, 0.29) is 25.3 Å². The predicted molar refractivity (Wildman–Crippen MR) is 143 cm³/mol. The van der Waals surface area contributed by atoms with Crippen LogP contribution in [0.5, 0.6) is 17.2 Å². The van der Waals surface area contributed by atoms with Gasteiger partial charge in [-0.2, -0.15) is 17.6 Å².